The average Bonchev–Trinajstić information content (AvgIpc) is 3.01. The van der Waals surface area contributed by atoms with E-state index in [0.29, 0.717) is 23.1 Å². The molecule has 1 amide bonds. The largest absolute Gasteiger partial charge is 0.496 e. The SMILES string of the molecule is COc1ccccc1C(=O)NC1CC2C=CC1C2. The van der Waals surface area contributed by atoms with Gasteiger partial charge in [0.05, 0.1) is 12.7 Å². The van der Waals surface area contributed by atoms with E-state index < -0.39 is 0 Å². The second kappa shape index (κ2) is 4.48. The summed E-state index contributed by atoms with van der Waals surface area (Å²) in [5.41, 5.74) is 0.617. The van der Waals surface area contributed by atoms with Crippen LogP contribution < -0.4 is 10.1 Å². The normalized spacial score (nSPS) is 28.4. The molecule has 2 aliphatic rings. The summed E-state index contributed by atoms with van der Waals surface area (Å²) in [4.78, 5) is 12.2. The first-order valence-corrected chi connectivity index (χ1v) is 6.40. The predicted octanol–water partition coefficient (Wildman–Crippen LogP) is 2.39. The monoisotopic (exact) mass is 243 g/mol. The van der Waals surface area contributed by atoms with Gasteiger partial charge >= 0.3 is 0 Å². The summed E-state index contributed by atoms with van der Waals surface area (Å²) in [7, 11) is 1.59. The number of amides is 1. The molecule has 1 saturated carbocycles. The van der Waals surface area contributed by atoms with Crippen molar-refractivity contribution in [1.82, 2.24) is 5.32 Å². The van der Waals surface area contributed by atoms with Crippen LogP contribution in [0.25, 0.3) is 0 Å². The van der Waals surface area contributed by atoms with E-state index in [-0.39, 0.29) is 11.9 Å². The molecule has 2 bridgehead atoms. The lowest BCUT2D eigenvalue weighted by Gasteiger charge is -2.20. The number of carbonyl (C=O) groups excluding carboxylic acids is 1. The van der Waals surface area contributed by atoms with Crippen LogP contribution in [0.5, 0.6) is 5.75 Å². The van der Waals surface area contributed by atoms with Gasteiger partial charge in [-0.2, -0.15) is 0 Å². The predicted molar refractivity (Wildman–Crippen MR) is 69.6 cm³/mol. The molecular formula is C15H17NO2. The van der Waals surface area contributed by atoms with E-state index in [2.05, 4.69) is 17.5 Å². The standard InChI is InChI=1S/C15H17NO2/c1-18-14-5-3-2-4-12(14)15(17)16-13-9-10-6-7-11(13)8-10/h2-7,10-11,13H,8-9H2,1H3,(H,16,17). The zero-order valence-corrected chi connectivity index (χ0v) is 10.4. The van der Waals surface area contributed by atoms with Crippen LogP contribution in [0.2, 0.25) is 0 Å². The van der Waals surface area contributed by atoms with Gasteiger partial charge in [-0.15, -0.1) is 0 Å². The Hall–Kier alpha value is -1.77. The number of nitrogens with one attached hydrogen (secondary N) is 1. The van der Waals surface area contributed by atoms with Crippen LogP contribution in [0, 0.1) is 11.8 Å². The second-order valence-corrected chi connectivity index (χ2v) is 5.06. The molecule has 1 fully saturated rings. The fourth-order valence-electron chi connectivity index (χ4n) is 3.03. The lowest BCUT2D eigenvalue weighted by molar-refractivity contribution is 0.0928. The Bertz CT molecular complexity index is 495. The third-order valence-corrected chi connectivity index (χ3v) is 3.95. The number of allylic oxidation sites excluding steroid dienone is 1. The zero-order valence-electron chi connectivity index (χ0n) is 10.4. The Morgan fingerprint density at radius 3 is 2.78 bits per heavy atom. The highest BCUT2D eigenvalue weighted by molar-refractivity contribution is 5.97. The maximum atomic E-state index is 12.2. The van der Waals surface area contributed by atoms with E-state index in [1.165, 1.54) is 6.42 Å². The molecule has 0 heterocycles. The minimum absolute atomic E-state index is 0.0293. The summed E-state index contributed by atoms with van der Waals surface area (Å²) < 4.78 is 5.22. The third kappa shape index (κ3) is 1.90. The lowest BCUT2D eigenvalue weighted by atomic mass is 10.0. The van der Waals surface area contributed by atoms with Gasteiger partial charge in [0.15, 0.2) is 0 Å². The fraction of sp³-hybridized carbons (Fsp3) is 0.400. The quantitative estimate of drug-likeness (QED) is 0.828. The van der Waals surface area contributed by atoms with E-state index in [9.17, 15) is 4.79 Å². The molecule has 3 rings (SSSR count). The van der Waals surface area contributed by atoms with Crippen molar-refractivity contribution in [2.75, 3.05) is 7.11 Å². The average molecular weight is 243 g/mol. The Morgan fingerprint density at radius 2 is 2.11 bits per heavy atom. The number of ether oxygens (including phenoxy) is 1. The number of fused-ring (bicyclic) bond motifs is 2. The molecule has 0 radical (unpaired) electrons. The van der Waals surface area contributed by atoms with Gasteiger partial charge in [0.1, 0.15) is 5.75 Å². The van der Waals surface area contributed by atoms with Crippen molar-refractivity contribution in [3.05, 3.63) is 42.0 Å². The molecule has 0 saturated heterocycles. The molecule has 1 N–H and O–H groups in total. The van der Waals surface area contributed by atoms with Gasteiger partial charge in [-0.3, -0.25) is 4.79 Å². The zero-order chi connectivity index (χ0) is 12.5. The van der Waals surface area contributed by atoms with Crippen molar-refractivity contribution in [3.63, 3.8) is 0 Å². The topological polar surface area (TPSA) is 38.3 Å². The first-order chi connectivity index (χ1) is 8.78. The van der Waals surface area contributed by atoms with Gasteiger partial charge < -0.3 is 10.1 Å². The maximum absolute atomic E-state index is 12.2. The van der Waals surface area contributed by atoms with Gasteiger partial charge in [-0.25, -0.2) is 0 Å². The molecule has 2 aliphatic carbocycles. The molecule has 18 heavy (non-hydrogen) atoms. The van der Waals surface area contributed by atoms with Crippen LogP contribution in [0.1, 0.15) is 23.2 Å². The van der Waals surface area contributed by atoms with Crippen LogP contribution in [0.15, 0.2) is 36.4 Å². The van der Waals surface area contributed by atoms with Gasteiger partial charge in [0, 0.05) is 6.04 Å². The molecule has 94 valence electrons. The molecule has 3 atom stereocenters. The minimum Gasteiger partial charge on any atom is -0.496 e. The highest BCUT2D eigenvalue weighted by Gasteiger charge is 2.36. The molecule has 0 aromatic heterocycles. The van der Waals surface area contributed by atoms with Gasteiger partial charge in [-0.1, -0.05) is 24.3 Å². The first-order valence-electron chi connectivity index (χ1n) is 6.40. The van der Waals surface area contributed by atoms with Gasteiger partial charge in [0.25, 0.3) is 5.91 Å². The fourth-order valence-corrected chi connectivity index (χ4v) is 3.03. The van der Waals surface area contributed by atoms with E-state index in [0.717, 1.165) is 6.42 Å². The maximum Gasteiger partial charge on any atom is 0.255 e. The van der Waals surface area contributed by atoms with Crippen molar-refractivity contribution in [3.8, 4) is 5.75 Å². The van der Waals surface area contributed by atoms with E-state index in [4.69, 9.17) is 4.74 Å². The van der Waals surface area contributed by atoms with Crippen molar-refractivity contribution in [2.24, 2.45) is 11.8 Å². The Labute approximate surface area is 107 Å². The van der Waals surface area contributed by atoms with Crippen molar-refractivity contribution in [1.29, 1.82) is 0 Å². The first kappa shape index (κ1) is 11.3. The van der Waals surface area contributed by atoms with Crippen LogP contribution in [-0.4, -0.2) is 19.1 Å². The summed E-state index contributed by atoms with van der Waals surface area (Å²) in [6, 6.07) is 7.64. The Balaban J connectivity index is 1.73. The molecule has 1 aromatic carbocycles. The smallest absolute Gasteiger partial charge is 0.255 e. The van der Waals surface area contributed by atoms with Crippen LogP contribution in [0.4, 0.5) is 0 Å². The van der Waals surface area contributed by atoms with E-state index >= 15 is 0 Å². The van der Waals surface area contributed by atoms with Crippen molar-refractivity contribution >= 4 is 5.91 Å². The Morgan fingerprint density at radius 1 is 1.28 bits per heavy atom. The number of para-hydroxylation sites is 1. The second-order valence-electron chi connectivity index (χ2n) is 5.06. The van der Waals surface area contributed by atoms with E-state index in [1.807, 2.05) is 18.2 Å². The number of benzene rings is 1. The summed E-state index contributed by atoms with van der Waals surface area (Å²) in [6.45, 7) is 0. The lowest BCUT2D eigenvalue weighted by Crippen LogP contribution is -2.37. The molecule has 3 nitrogen and oxygen atoms in total. The van der Waals surface area contributed by atoms with Gasteiger partial charge in [-0.05, 0) is 36.8 Å². The molecular weight excluding hydrogens is 226 g/mol. The molecule has 0 aliphatic heterocycles. The number of rotatable bonds is 3. The van der Waals surface area contributed by atoms with Crippen LogP contribution in [0.3, 0.4) is 0 Å². The summed E-state index contributed by atoms with van der Waals surface area (Å²) >= 11 is 0. The summed E-state index contributed by atoms with van der Waals surface area (Å²) in [6.07, 6.45) is 6.77. The molecule has 0 spiro atoms. The number of methoxy groups -OCH3 is 1. The Kier molecular flexibility index (Phi) is 2.82. The number of hydrogen-bond donors (Lipinski definition) is 1. The van der Waals surface area contributed by atoms with Crippen molar-refractivity contribution in [2.45, 2.75) is 18.9 Å². The molecule has 1 aromatic rings. The number of carbonyl (C=O) groups is 1. The van der Waals surface area contributed by atoms with Crippen molar-refractivity contribution < 1.29 is 9.53 Å². The van der Waals surface area contributed by atoms with E-state index in [1.54, 1.807) is 13.2 Å². The third-order valence-electron chi connectivity index (χ3n) is 3.95. The van der Waals surface area contributed by atoms with Crippen LogP contribution >= 0.6 is 0 Å². The molecule has 3 heteroatoms. The summed E-state index contributed by atoms with van der Waals surface area (Å²) in [5, 5.41) is 3.13. The highest BCUT2D eigenvalue weighted by atomic mass is 16.5. The highest BCUT2D eigenvalue weighted by Crippen LogP contribution is 2.39. The minimum atomic E-state index is -0.0293. The van der Waals surface area contributed by atoms with Gasteiger partial charge in [0.2, 0.25) is 0 Å². The number of hydrogen-bond acceptors (Lipinski definition) is 2. The van der Waals surface area contributed by atoms with Crippen LogP contribution in [-0.2, 0) is 0 Å². The summed E-state index contributed by atoms with van der Waals surface area (Å²) in [5.74, 6) is 1.79. The molecule has 3 unspecified atom stereocenters.